The van der Waals surface area contributed by atoms with E-state index in [1.54, 1.807) is 16.3 Å². The summed E-state index contributed by atoms with van der Waals surface area (Å²) in [5, 5.41) is -0.0525. The Hall–Kier alpha value is -1.41. The van der Waals surface area contributed by atoms with Gasteiger partial charge in [0.25, 0.3) is 20.0 Å². The van der Waals surface area contributed by atoms with Gasteiger partial charge in [-0.15, -0.1) is 4.13 Å². The summed E-state index contributed by atoms with van der Waals surface area (Å²) in [6, 6.07) is 12.8. The smallest absolute Gasteiger partial charge is 0.206 e. The van der Waals surface area contributed by atoms with E-state index in [-0.39, 0.29) is 14.8 Å². The Kier molecular flexibility index (Phi) is 4.14. The van der Waals surface area contributed by atoms with Crippen LogP contribution in [0.1, 0.15) is 0 Å². The van der Waals surface area contributed by atoms with E-state index in [4.69, 9.17) is 11.6 Å². The Labute approximate surface area is 122 Å². The number of nitrogens with one attached hydrogen (secondary N) is 1. The molecule has 0 atom stereocenters. The number of hydrogen-bond acceptors (Lipinski definition) is 4. The highest BCUT2D eigenvalue weighted by atomic mass is 35.5. The normalized spacial score (nSPS) is 12.2. The molecule has 0 amide bonds. The Morgan fingerprint density at radius 3 is 1.90 bits per heavy atom. The molecule has 0 fully saturated rings. The van der Waals surface area contributed by atoms with Crippen LogP contribution < -0.4 is 4.13 Å². The third kappa shape index (κ3) is 3.18. The second kappa shape index (κ2) is 5.53. The topological polar surface area (TPSA) is 80.3 Å². The van der Waals surface area contributed by atoms with E-state index < -0.39 is 20.0 Å². The quantitative estimate of drug-likeness (QED) is 0.929. The van der Waals surface area contributed by atoms with Gasteiger partial charge in [-0.25, -0.2) is 16.8 Å². The van der Waals surface area contributed by atoms with Gasteiger partial charge >= 0.3 is 0 Å². The maximum atomic E-state index is 12.1. The maximum absolute atomic E-state index is 12.1. The van der Waals surface area contributed by atoms with Crippen molar-refractivity contribution in [1.82, 2.24) is 4.13 Å². The van der Waals surface area contributed by atoms with Crippen LogP contribution in [0.5, 0.6) is 0 Å². The summed E-state index contributed by atoms with van der Waals surface area (Å²) in [5.74, 6) is 0. The highest BCUT2D eigenvalue weighted by molar-refractivity contribution is 8.04. The lowest BCUT2D eigenvalue weighted by atomic mass is 10.4. The standard InChI is InChI=1S/C12H10ClNO4S2/c13-11-8-4-5-9-12(11)20(17,18)14-19(15,16)10-6-2-1-3-7-10/h1-9,14H. The SMILES string of the molecule is O=S(=O)(NS(=O)(=O)c1ccccc1Cl)c1ccccc1. The van der Waals surface area contributed by atoms with E-state index in [1.165, 1.54) is 42.5 Å². The summed E-state index contributed by atoms with van der Waals surface area (Å²) in [6.45, 7) is 0. The van der Waals surface area contributed by atoms with Crippen LogP contribution >= 0.6 is 11.6 Å². The zero-order valence-electron chi connectivity index (χ0n) is 10.0. The molecule has 0 spiro atoms. The molecular weight excluding hydrogens is 322 g/mol. The Morgan fingerprint density at radius 2 is 1.30 bits per heavy atom. The second-order valence-corrected chi connectivity index (χ2v) is 7.83. The number of rotatable bonds is 4. The van der Waals surface area contributed by atoms with Crippen molar-refractivity contribution in [3.63, 3.8) is 0 Å². The van der Waals surface area contributed by atoms with Crippen molar-refractivity contribution in [2.45, 2.75) is 9.79 Å². The molecular formula is C12H10ClNO4S2. The Balaban J connectivity index is 2.42. The van der Waals surface area contributed by atoms with Crippen molar-refractivity contribution in [2.24, 2.45) is 0 Å². The molecule has 106 valence electrons. The lowest BCUT2D eigenvalue weighted by Gasteiger charge is -2.08. The molecule has 0 bridgehead atoms. The number of benzene rings is 2. The molecule has 0 aliphatic heterocycles. The van der Waals surface area contributed by atoms with Crippen LogP contribution in [-0.4, -0.2) is 16.8 Å². The lowest BCUT2D eigenvalue weighted by Crippen LogP contribution is -2.30. The summed E-state index contributed by atoms with van der Waals surface area (Å²) in [5.41, 5.74) is 0. The first-order valence-electron chi connectivity index (χ1n) is 5.41. The van der Waals surface area contributed by atoms with Crippen LogP contribution in [0.4, 0.5) is 0 Å². The fourth-order valence-corrected chi connectivity index (χ4v) is 4.94. The van der Waals surface area contributed by atoms with Gasteiger partial charge in [-0.2, -0.15) is 0 Å². The molecule has 20 heavy (non-hydrogen) atoms. The van der Waals surface area contributed by atoms with Crippen molar-refractivity contribution < 1.29 is 16.8 Å². The Morgan fingerprint density at radius 1 is 0.750 bits per heavy atom. The molecule has 1 N–H and O–H groups in total. The van der Waals surface area contributed by atoms with Crippen molar-refractivity contribution >= 4 is 31.6 Å². The van der Waals surface area contributed by atoms with E-state index in [9.17, 15) is 16.8 Å². The van der Waals surface area contributed by atoms with Gasteiger partial charge in [-0.1, -0.05) is 41.9 Å². The lowest BCUT2D eigenvalue weighted by molar-refractivity contribution is 0.577. The van der Waals surface area contributed by atoms with Gasteiger partial charge in [0.05, 0.1) is 9.92 Å². The van der Waals surface area contributed by atoms with Gasteiger partial charge in [-0.3, -0.25) is 0 Å². The average Bonchev–Trinajstić information content (AvgIpc) is 2.39. The van der Waals surface area contributed by atoms with Crippen LogP contribution in [0, 0.1) is 0 Å². The second-order valence-electron chi connectivity index (χ2n) is 3.83. The molecule has 8 heteroatoms. The van der Waals surface area contributed by atoms with Crippen LogP contribution in [-0.2, 0) is 20.0 Å². The molecule has 2 aromatic carbocycles. The van der Waals surface area contributed by atoms with E-state index in [0.717, 1.165) is 0 Å². The van der Waals surface area contributed by atoms with E-state index in [1.807, 2.05) is 0 Å². The molecule has 0 radical (unpaired) electrons. The van der Waals surface area contributed by atoms with Crippen LogP contribution in [0.3, 0.4) is 0 Å². The predicted octanol–water partition coefficient (Wildman–Crippen LogP) is 2.01. The van der Waals surface area contributed by atoms with E-state index in [2.05, 4.69) is 0 Å². The van der Waals surface area contributed by atoms with Crippen molar-refractivity contribution in [3.8, 4) is 0 Å². The van der Waals surface area contributed by atoms with E-state index in [0.29, 0.717) is 0 Å². The summed E-state index contributed by atoms with van der Waals surface area (Å²) < 4.78 is 49.8. The van der Waals surface area contributed by atoms with Gasteiger partial charge in [0.1, 0.15) is 4.90 Å². The third-order valence-electron chi connectivity index (χ3n) is 2.40. The van der Waals surface area contributed by atoms with E-state index >= 15 is 0 Å². The number of hydrogen-bond donors (Lipinski definition) is 1. The van der Waals surface area contributed by atoms with Crippen molar-refractivity contribution in [1.29, 1.82) is 0 Å². The molecule has 0 unspecified atom stereocenters. The van der Waals surface area contributed by atoms with Gasteiger partial charge in [0.15, 0.2) is 0 Å². The van der Waals surface area contributed by atoms with Crippen LogP contribution in [0.2, 0.25) is 5.02 Å². The summed E-state index contributed by atoms with van der Waals surface area (Å²) in [4.78, 5) is -0.434. The molecule has 0 aromatic heterocycles. The first-order valence-corrected chi connectivity index (χ1v) is 8.75. The minimum absolute atomic E-state index is 0.0525. The zero-order valence-corrected chi connectivity index (χ0v) is 12.4. The first kappa shape index (κ1) is 15.0. The minimum atomic E-state index is -4.27. The molecule has 0 saturated heterocycles. The van der Waals surface area contributed by atoms with Crippen LogP contribution in [0.25, 0.3) is 0 Å². The highest BCUT2D eigenvalue weighted by Crippen LogP contribution is 2.21. The zero-order chi connectivity index (χ0) is 14.8. The monoisotopic (exact) mass is 331 g/mol. The predicted molar refractivity (Wildman–Crippen MR) is 75.4 cm³/mol. The van der Waals surface area contributed by atoms with Gasteiger partial charge in [0, 0.05) is 0 Å². The summed E-state index contributed by atoms with van der Waals surface area (Å²) in [6.07, 6.45) is 0. The molecule has 0 aliphatic rings. The summed E-state index contributed by atoms with van der Waals surface area (Å²) >= 11 is 5.77. The Bertz CT molecular complexity index is 818. The highest BCUT2D eigenvalue weighted by Gasteiger charge is 2.25. The van der Waals surface area contributed by atoms with Gasteiger partial charge < -0.3 is 0 Å². The first-order chi connectivity index (χ1) is 9.33. The van der Waals surface area contributed by atoms with Gasteiger partial charge in [-0.05, 0) is 24.3 Å². The summed E-state index contributed by atoms with van der Waals surface area (Å²) in [7, 11) is -8.45. The third-order valence-corrected chi connectivity index (χ3v) is 6.42. The van der Waals surface area contributed by atoms with Crippen molar-refractivity contribution in [3.05, 3.63) is 59.6 Å². The molecule has 2 aromatic rings. The maximum Gasteiger partial charge on any atom is 0.255 e. The molecule has 0 heterocycles. The molecule has 0 saturated carbocycles. The number of halogens is 1. The van der Waals surface area contributed by atoms with Gasteiger partial charge in [0.2, 0.25) is 0 Å². The fourth-order valence-electron chi connectivity index (χ4n) is 1.50. The van der Waals surface area contributed by atoms with Crippen molar-refractivity contribution in [2.75, 3.05) is 0 Å². The number of sulfonamides is 2. The van der Waals surface area contributed by atoms with Crippen LogP contribution in [0.15, 0.2) is 64.4 Å². The largest absolute Gasteiger partial charge is 0.255 e. The minimum Gasteiger partial charge on any atom is -0.206 e. The molecule has 2 rings (SSSR count). The molecule has 0 aliphatic carbocycles. The average molecular weight is 332 g/mol. The molecule has 5 nitrogen and oxygen atoms in total. The fraction of sp³-hybridized carbons (Fsp3) is 0.